The van der Waals surface area contributed by atoms with Crippen LogP contribution in [0.5, 0.6) is 0 Å². The molecule has 0 amide bonds. The number of nitrogens with zero attached hydrogens (tertiary/aromatic N) is 4. The molecule has 294 valence electrons. The van der Waals surface area contributed by atoms with Crippen LogP contribution in [-0.2, 0) is 0 Å². The Morgan fingerprint density at radius 1 is 0.349 bits per heavy atom. The van der Waals surface area contributed by atoms with Crippen molar-refractivity contribution in [2.24, 2.45) is 0 Å². The van der Waals surface area contributed by atoms with Crippen LogP contribution in [-0.4, -0.2) is 19.5 Å². The van der Waals surface area contributed by atoms with E-state index in [9.17, 15) is 0 Å². The zero-order chi connectivity index (χ0) is 41.4. The molecule has 0 bridgehead atoms. The Labute approximate surface area is 365 Å². The summed E-state index contributed by atoms with van der Waals surface area (Å²) in [6.07, 6.45) is 0. The van der Waals surface area contributed by atoms with E-state index in [1.54, 1.807) is 11.3 Å². The van der Waals surface area contributed by atoms with Crippen LogP contribution in [0.15, 0.2) is 211 Å². The van der Waals surface area contributed by atoms with Crippen LogP contribution in [0, 0.1) is 0 Å². The molecule has 0 aliphatic carbocycles. The average molecular weight is 823 g/mol. The topological polar surface area (TPSA) is 56.7 Å². The molecular formula is C57H34N4OS. The lowest BCUT2D eigenvalue weighted by atomic mass is 10.0. The van der Waals surface area contributed by atoms with Gasteiger partial charge in [0.2, 0.25) is 0 Å². The highest BCUT2D eigenvalue weighted by Gasteiger charge is 2.21. The number of fused-ring (bicyclic) bond motifs is 9. The van der Waals surface area contributed by atoms with Crippen molar-refractivity contribution in [3.8, 4) is 62.1 Å². The third-order valence-corrected chi connectivity index (χ3v) is 13.4. The highest BCUT2D eigenvalue weighted by molar-refractivity contribution is 7.26. The largest absolute Gasteiger partial charge is 0.456 e. The normalized spacial score (nSPS) is 11.8. The first-order chi connectivity index (χ1) is 31.2. The summed E-state index contributed by atoms with van der Waals surface area (Å²) in [5, 5.41) is 6.70. The number of furan rings is 1. The third kappa shape index (κ3) is 5.80. The minimum atomic E-state index is 0.589. The summed E-state index contributed by atoms with van der Waals surface area (Å²) < 4.78 is 11.4. The summed E-state index contributed by atoms with van der Waals surface area (Å²) in [5.41, 5.74) is 12.5. The molecule has 0 fully saturated rings. The van der Waals surface area contributed by atoms with Crippen LogP contribution in [0.25, 0.3) is 126 Å². The first kappa shape index (κ1) is 35.6. The standard InChI is InChI=1S/C57H34N4OS/c1-4-14-35(15-5-1)38-27-30-48-45(32-38)41-20-10-11-23-47(41)61(48)40-28-31-49-46(34-40)53-43(21-12-24-50(53)62-49)56-58-55(37-18-8-3-9-19-37)59-57(60-56)44-22-13-25-51-54(44)42-29-26-39(33-52(42)63-51)36-16-6-2-7-17-36/h1-34H. The van der Waals surface area contributed by atoms with E-state index in [0.717, 1.165) is 60.7 Å². The summed E-state index contributed by atoms with van der Waals surface area (Å²) in [6, 6.07) is 72.6. The summed E-state index contributed by atoms with van der Waals surface area (Å²) in [4.78, 5) is 15.8. The number of hydrogen-bond acceptors (Lipinski definition) is 5. The van der Waals surface area contributed by atoms with Gasteiger partial charge in [-0.25, -0.2) is 15.0 Å². The van der Waals surface area contributed by atoms with Crippen molar-refractivity contribution in [2.75, 3.05) is 0 Å². The maximum Gasteiger partial charge on any atom is 0.164 e. The zero-order valence-electron chi connectivity index (χ0n) is 33.7. The van der Waals surface area contributed by atoms with Gasteiger partial charge in [-0.1, -0.05) is 152 Å². The molecule has 4 aromatic heterocycles. The van der Waals surface area contributed by atoms with Crippen molar-refractivity contribution in [1.82, 2.24) is 19.5 Å². The fourth-order valence-corrected chi connectivity index (χ4v) is 10.5. The minimum Gasteiger partial charge on any atom is -0.456 e. The molecule has 0 saturated carbocycles. The molecular weight excluding hydrogens is 789 g/mol. The molecule has 0 unspecified atom stereocenters. The van der Waals surface area contributed by atoms with Crippen LogP contribution in [0.2, 0.25) is 0 Å². The zero-order valence-corrected chi connectivity index (χ0v) is 34.6. The van der Waals surface area contributed by atoms with E-state index >= 15 is 0 Å². The lowest BCUT2D eigenvalue weighted by molar-refractivity contribution is 0.669. The summed E-state index contributed by atoms with van der Waals surface area (Å²) in [6.45, 7) is 0. The molecule has 0 aliphatic heterocycles. The highest BCUT2D eigenvalue weighted by atomic mass is 32.1. The van der Waals surface area contributed by atoms with Gasteiger partial charge in [-0.2, -0.15) is 0 Å². The third-order valence-electron chi connectivity index (χ3n) is 12.3. The Morgan fingerprint density at radius 2 is 0.968 bits per heavy atom. The summed E-state index contributed by atoms with van der Waals surface area (Å²) >= 11 is 1.80. The van der Waals surface area contributed by atoms with Crippen molar-refractivity contribution in [2.45, 2.75) is 0 Å². The van der Waals surface area contributed by atoms with Crippen molar-refractivity contribution >= 4 is 75.3 Å². The fourth-order valence-electron chi connectivity index (χ4n) is 9.36. The maximum absolute atomic E-state index is 6.61. The Bertz CT molecular complexity index is 3910. The van der Waals surface area contributed by atoms with Gasteiger partial charge in [-0.15, -0.1) is 11.3 Å². The van der Waals surface area contributed by atoms with Gasteiger partial charge < -0.3 is 8.98 Å². The predicted molar refractivity (Wildman–Crippen MR) is 262 cm³/mol. The molecule has 0 spiro atoms. The van der Waals surface area contributed by atoms with Gasteiger partial charge >= 0.3 is 0 Å². The summed E-state index contributed by atoms with van der Waals surface area (Å²) in [5.74, 6) is 1.83. The number of hydrogen-bond donors (Lipinski definition) is 0. The van der Waals surface area contributed by atoms with Crippen LogP contribution in [0.1, 0.15) is 0 Å². The smallest absolute Gasteiger partial charge is 0.164 e. The van der Waals surface area contributed by atoms with Gasteiger partial charge in [0.1, 0.15) is 11.2 Å². The average Bonchev–Trinajstić information content (AvgIpc) is 4.03. The van der Waals surface area contributed by atoms with E-state index in [0.29, 0.717) is 17.5 Å². The minimum absolute atomic E-state index is 0.589. The quantitative estimate of drug-likeness (QED) is 0.168. The van der Waals surface area contributed by atoms with Gasteiger partial charge in [-0.3, -0.25) is 0 Å². The number of aromatic nitrogens is 4. The van der Waals surface area contributed by atoms with Crippen LogP contribution < -0.4 is 0 Å². The second-order valence-electron chi connectivity index (χ2n) is 15.9. The van der Waals surface area contributed by atoms with Crippen molar-refractivity contribution in [3.63, 3.8) is 0 Å². The number of rotatable bonds is 6. The Morgan fingerprint density at radius 3 is 1.73 bits per heavy atom. The fraction of sp³-hybridized carbons (Fsp3) is 0. The molecule has 5 nitrogen and oxygen atoms in total. The van der Waals surface area contributed by atoms with Crippen molar-refractivity contribution in [1.29, 1.82) is 0 Å². The van der Waals surface area contributed by atoms with E-state index in [-0.39, 0.29) is 0 Å². The lowest BCUT2D eigenvalue weighted by Gasteiger charge is -2.11. The van der Waals surface area contributed by atoms with Gasteiger partial charge in [0.25, 0.3) is 0 Å². The maximum atomic E-state index is 6.61. The van der Waals surface area contributed by atoms with Gasteiger partial charge in [0.05, 0.1) is 11.0 Å². The van der Waals surface area contributed by atoms with E-state index in [1.807, 2.05) is 30.3 Å². The number of benzene rings is 9. The molecule has 0 aliphatic rings. The van der Waals surface area contributed by atoms with Crippen molar-refractivity contribution in [3.05, 3.63) is 206 Å². The monoisotopic (exact) mass is 822 g/mol. The van der Waals surface area contributed by atoms with Crippen LogP contribution in [0.4, 0.5) is 0 Å². The summed E-state index contributed by atoms with van der Waals surface area (Å²) in [7, 11) is 0. The van der Waals surface area contributed by atoms with Crippen LogP contribution >= 0.6 is 11.3 Å². The predicted octanol–water partition coefficient (Wildman–Crippen LogP) is 15.6. The van der Waals surface area contributed by atoms with Crippen molar-refractivity contribution < 1.29 is 4.42 Å². The van der Waals surface area contributed by atoms with E-state index in [1.165, 1.54) is 47.8 Å². The molecule has 0 radical (unpaired) electrons. The molecule has 4 heterocycles. The number of thiophene rings is 1. The molecule has 0 N–H and O–H groups in total. The van der Waals surface area contributed by atoms with Gasteiger partial charge in [0, 0.05) is 64.1 Å². The lowest BCUT2D eigenvalue weighted by Crippen LogP contribution is -2.00. The molecule has 9 aromatic carbocycles. The highest BCUT2D eigenvalue weighted by Crippen LogP contribution is 2.43. The first-order valence-corrected chi connectivity index (χ1v) is 21.9. The van der Waals surface area contributed by atoms with Gasteiger partial charge in [0.15, 0.2) is 17.5 Å². The Hall–Kier alpha value is -8.19. The Balaban J connectivity index is 1.01. The second kappa shape index (κ2) is 14.2. The van der Waals surface area contributed by atoms with Gasteiger partial charge in [-0.05, 0) is 76.9 Å². The Kier molecular flexibility index (Phi) is 8.01. The molecule has 0 saturated heterocycles. The van der Waals surface area contributed by atoms with Crippen LogP contribution in [0.3, 0.4) is 0 Å². The second-order valence-corrected chi connectivity index (χ2v) is 17.0. The first-order valence-electron chi connectivity index (χ1n) is 21.1. The molecule has 13 rings (SSSR count). The SMILES string of the molecule is c1ccc(-c2ccc3c(c2)sc2cccc(-c4nc(-c5ccccc5)nc(-c5cccc6oc7ccc(-n8c9ccccc9c9cc(-c%10ccccc%10)ccc98)cc7c56)n4)c23)cc1. The number of para-hydroxylation sites is 1. The molecule has 13 aromatic rings. The molecule has 6 heteroatoms. The molecule has 63 heavy (non-hydrogen) atoms. The van der Waals surface area contributed by atoms with E-state index < -0.39 is 0 Å². The van der Waals surface area contributed by atoms with E-state index in [4.69, 9.17) is 19.4 Å². The molecule has 0 atom stereocenters. The van der Waals surface area contributed by atoms with E-state index in [2.05, 4.69) is 180 Å².